The molecule has 0 unspecified atom stereocenters. The number of benzene rings is 1. The Morgan fingerprint density at radius 2 is 1.94 bits per heavy atom. The van der Waals surface area contributed by atoms with Gasteiger partial charge in [0.05, 0.1) is 25.8 Å². The molecule has 0 spiro atoms. The number of hydrogen-bond acceptors (Lipinski definition) is 3. The van der Waals surface area contributed by atoms with Crippen LogP contribution in [0.1, 0.15) is 30.9 Å². The van der Waals surface area contributed by atoms with Gasteiger partial charge in [0.25, 0.3) is 0 Å². The summed E-state index contributed by atoms with van der Waals surface area (Å²) in [6, 6.07) is 1.76. The summed E-state index contributed by atoms with van der Waals surface area (Å²) in [5, 5.41) is 9.84. The second-order valence-electron chi connectivity index (χ2n) is 3.81. The third kappa shape index (κ3) is 2.25. The molecule has 1 N–H and O–H groups in total. The fourth-order valence-electron chi connectivity index (χ4n) is 1.77. The molecule has 16 heavy (non-hydrogen) atoms. The first-order valence-corrected chi connectivity index (χ1v) is 5.48. The van der Waals surface area contributed by atoms with Crippen LogP contribution < -0.4 is 9.47 Å². The van der Waals surface area contributed by atoms with E-state index >= 15 is 0 Å². The van der Waals surface area contributed by atoms with E-state index in [2.05, 4.69) is 0 Å². The summed E-state index contributed by atoms with van der Waals surface area (Å²) in [5.41, 5.74) is 1.68. The minimum Gasteiger partial charge on any atom is -0.493 e. The second-order valence-corrected chi connectivity index (χ2v) is 4.19. The maximum Gasteiger partial charge on any atom is 0.179 e. The Hall–Kier alpha value is -0.930. The van der Waals surface area contributed by atoms with Gasteiger partial charge in [-0.25, -0.2) is 0 Å². The molecule has 4 heteroatoms. The maximum absolute atomic E-state index is 9.32. The average molecular weight is 245 g/mol. The van der Waals surface area contributed by atoms with Crippen molar-refractivity contribution in [2.24, 2.45) is 0 Å². The Morgan fingerprint density at radius 3 is 2.31 bits per heavy atom. The SMILES string of the molecule is COc1cc(CO)c(C(C)C)c(Cl)c1OC. The van der Waals surface area contributed by atoms with Crippen molar-refractivity contribution >= 4 is 11.6 Å². The zero-order valence-electron chi connectivity index (χ0n) is 10.0. The topological polar surface area (TPSA) is 38.7 Å². The maximum atomic E-state index is 9.32. The van der Waals surface area contributed by atoms with Crippen LogP contribution >= 0.6 is 11.6 Å². The van der Waals surface area contributed by atoms with Crippen LogP contribution in [-0.2, 0) is 6.61 Å². The zero-order chi connectivity index (χ0) is 12.3. The normalized spacial score (nSPS) is 10.7. The van der Waals surface area contributed by atoms with Gasteiger partial charge in [0.2, 0.25) is 0 Å². The lowest BCUT2D eigenvalue weighted by molar-refractivity contribution is 0.278. The molecule has 0 aromatic heterocycles. The van der Waals surface area contributed by atoms with Gasteiger partial charge in [-0.1, -0.05) is 25.4 Å². The highest BCUT2D eigenvalue weighted by Gasteiger charge is 2.19. The summed E-state index contributed by atoms with van der Waals surface area (Å²) in [7, 11) is 3.09. The summed E-state index contributed by atoms with van der Waals surface area (Å²) >= 11 is 6.26. The molecule has 0 saturated heterocycles. The number of aliphatic hydroxyl groups excluding tert-OH is 1. The molecular formula is C12H17ClO3. The molecule has 0 bridgehead atoms. The number of ether oxygens (including phenoxy) is 2. The van der Waals surface area contributed by atoms with E-state index in [0.717, 1.165) is 11.1 Å². The highest BCUT2D eigenvalue weighted by Crippen LogP contribution is 2.42. The molecule has 0 atom stereocenters. The Balaban J connectivity index is 3.48. The predicted molar refractivity (Wildman–Crippen MR) is 64.6 cm³/mol. The van der Waals surface area contributed by atoms with Gasteiger partial charge in [-0.2, -0.15) is 0 Å². The smallest absolute Gasteiger partial charge is 0.179 e. The van der Waals surface area contributed by atoms with Crippen molar-refractivity contribution in [3.05, 3.63) is 22.2 Å². The number of hydrogen-bond donors (Lipinski definition) is 1. The van der Waals surface area contributed by atoms with Crippen molar-refractivity contribution in [1.82, 2.24) is 0 Å². The minimum atomic E-state index is -0.0619. The van der Waals surface area contributed by atoms with Crippen LogP contribution in [0.5, 0.6) is 11.5 Å². The van der Waals surface area contributed by atoms with Gasteiger partial charge in [0.15, 0.2) is 11.5 Å². The summed E-state index contributed by atoms with van der Waals surface area (Å²) in [5.74, 6) is 1.28. The Bertz CT molecular complexity index is 375. The lowest BCUT2D eigenvalue weighted by atomic mass is 9.96. The molecule has 1 aromatic carbocycles. The molecule has 0 fully saturated rings. The van der Waals surface area contributed by atoms with Gasteiger partial charge < -0.3 is 14.6 Å². The molecule has 0 amide bonds. The third-order valence-corrected chi connectivity index (χ3v) is 2.86. The molecule has 0 saturated carbocycles. The Labute approximate surface area is 101 Å². The van der Waals surface area contributed by atoms with Gasteiger partial charge in [-0.05, 0) is 23.1 Å². The van der Waals surface area contributed by atoms with Gasteiger partial charge in [-0.15, -0.1) is 0 Å². The third-order valence-electron chi connectivity index (χ3n) is 2.48. The quantitative estimate of drug-likeness (QED) is 0.885. The zero-order valence-corrected chi connectivity index (χ0v) is 10.8. The molecule has 1 aromatic rings. The van der Waals surface area contributed by atoms with Crippen LogP contribution in [0.15, 0.2) is 6.07 Å². The van der Waals surface area contributed by atoms with E-state index in [1.165, 1.54) is 0 Å². The van der Waals surface area contributed by atoms with Crippen LogP contribution in [0.2, 0.25) is 5.02 Å². The molecule has 90 valence electrons. The molecule has 0 radical (unpaired) electrons. The second kappa shape index (κ2) is 5.41. The number of methoxy groups -OCH3 is 2. The molecule has 3 nitrogen and oxygen atoms in total. The van der Waals surface area contributed by atoms with Crippen molar-refractivity contribution in [3.8, 4) is 11.5 Å². The van der Waals surface area contributed by atoms with Crippen molar-refractivity contribution in [3.63, 3.8) is 0 Å². The molecular weight excluding hydrogens is 228 g/mol. The summed E-state index contributed by atoms with van der Waals surface area (Å²) < 4.78 is 10.4. The van der Waals surface area contributed by atoms with Crippen LogP contribution in [0.25, 0.3) is 0 Å². The molecule has 0 aliphatic carbocycles. The molecule has 0 aliphatic rings. The van der Waals surface area contributed by atoms with Gasteiger partial charge >= 0.3 is 0 Å². The van der Waals surface area contributed by atoms with E-state index in [0.29, 0.717) is 16.5 Å². The number of rotatable bonds is 4. The lowest BCUT2D eigenvalue weighted by Gasteiger charge is -2.18. The van der Waals surface area contributed by atoms with Crippen molar-refractivity contribution in [2.75, 3.05) is 14.2 Å². The minimum absolute atomic E-state index is 0.0619. The predicted octanol–water partition coefficient (Wildman–Crippen LogP) is 2.97. The summed E-state index contributed by atoms with van der Waals surface area (Å²) in [4.78, 5) is 0. The first-order chi connectivity index (χ1) is 7.56. The van der Waals surface area contributed by atoms with Gasteiger partial charge in [-0.3, -0.25) is 0 Å². The van der Waals surface area contributed by atoms with Crippen LogP contribution in [0, 0.1) is 0 Å². The van der Waals surface area contributed by atoms with Gasteiger partial charge in [0.1, 0.15) is 0 Å². The van der Waals surface area contributed by atoms with E-state index in [9.17, 15) is 5.11 Å². The van der Waals surface area contributed by atoms with E-state index in [4.69, 9.17) is 21.1 Å². The number of halogens is 1. The van der Waals surface area contributed by atoms with Crippen LogP contribution in [0.3, 0.4) is 0 Å². The highest BCUT2D eigenvalue weighted by atomic mass is 35.5. The lowest BCUT2D eigenvalue weighted by Crippen LogP contribution is -2.02. The largest absolute Gasteiger partial charge is 0.493 e. The standard InChI is InChI=1S/C12H17ClO3/c1-7(2)10-8(6-14)5-9(15-3)12(16-4)11(10)13/h5,7,14H,6H2,1-4H3. The van der Waals surface area contributed by atoms with Crippen LogP contribution in [-0.4, -0.2) is 19.3 Å². The summed E-state index contributed by atoms with van der Waals surface area (Å²) in [6.45, 7) is 3.98. The Morgan fingerprint density at radius 1 is 1.31 bits per heavy atom. The fraction of sp³-hybridized carbons (Fsp3) is 0.500. The first kappa shape index (κ1) is 13.1. The van der Waals surface area contributed by atoms with Crippen molar-refractivity contribution in [2.45, 2.75) is 26.4 Å². The van der Waals surface area contributed by atoms with Crippen LogP contribution in [0.4, 0.5) is 0 Å². The van der Waals surface area contributed by atoms with E-state index in [1.807, 2.05) is 13.8 Å². The van der Waals surface area contributed by atoms with E-state index < -0.39 is 0 Å². The fourth-order valence-corrected chi connectivity index (χ4v) is 2.28. The monoisotopic (exact) mass is 244 g/mol. The van der Waals surface area contributed by atoms with Gasteiger partial charge in [0, 0.05) is 0 Å². The first-order valence-electron chi connectivity index (χ1n) is 5.10. The molecule has 1 rings (SSSR count). The van der Waals surface area contributed by atoms with E-state index in [1.54, 1.807) is 20.3 Å². The Kier molecular flexibility index (Phi) is 4.44. The highest BCUT2D eigenvalue weighted by molar-refractivity contribution is 6.33. The molecule has 0 aliphatic heterocycles. The van der Waals surface area contributed by atoms with Crippen molar-refractivity contribution in [1.29, 1.82) is 0 Å². The molecule has 0 heterocycles. The number of aliphatic hydroxyl groups is 1. The van der Waals surface area contributed by atoms with Crippen molar-refractivity contribution < 1.29 is 14.6 Å². The van der Waals surface area contributed by atoms with E-state index in [-0.39, 0.29) is 12.5 Å². The average Bonchev–Trinajstić information content (AvgIpc) is 2.26. The summed E-state index contributed by atoms with van der Waals surface area (Å²) in [6.07, 6.45) is 0.